The summed E-state index contributed by atoms with van der Waals surface area (Å²) in [5.74, 6) is -0.950. The Bertz CT molecular complexity index is 347. The Labute approximate surface area is 113 Å². The zero-order chi connectivity index (χ0) is 15.2. The molecule has 0 spiro atoms. The van der Waals surface area contributed by atoms with E-state index in [4.69, 9.17) is 5.11 Å². The maximum absolute atomic E-state index is 11.5. The lowest BCUT2D eigenvalue weighted by molar-refractivity contribution is -0.130. The molecule has 0 saturated carbocycles. The molecular weight excluding hydrogens is 250 g/mol. The third kappa shape index (κ3) is 6.64. The lowest BCUT2D eigenvalue weighted by Gasteiger charge is -2.32. The normalized spacial score (nSPS) is 11.1. The van der Waals surface area contributed by atoms with Crippen LogP contribution in [0.1, 0.15) is 41.0 Å². The Morgan fingerprint density at radius 3 is 2.05 bits per heavy atom. The molecule has 0 aromatic rings. The fraction of sp³-hybridized carbons (Fsp3) is 0.750. The fourth-order valence-corrected chi connectivity index (χ4v) is 1.27. The summed E-state index contributed by atoms with van der Waals surface area (Å²) < 4.78 is 0. The van der Waals surface area contributed by atoms with Gasteiger partial charge in [-0.05, 0) is 20.8 Å². The van der Waals surface area contributed by atoms with Crippen molar-refractivity contribution in [3.8, 4) is 0 Å². The summed E-state index contributed by atoms with van der Waals surface area (Å²) in [4.78, 5) is 34.9. The second kappa shape index (κ2) is 6.96. The van der Waals surface area contributed by atoms with E-state index in [1.807, 2.05) is 0 Å². The molecule has 0 aliphatic carbocycles. The summed E-state index contributed by atoms with van der Waals surface area (Å²) in [5.41, 5.74) is 3.94. The van der Waals surface area contributed by atoms with Crippen LogP contribution in [0.4, 0.5) is 4.79 Å². The van der Waals surface area contributed by atoms with Gasteiger partial charge < -0.3 is 10.0 Å². The van der Waals surface area contributed by atoms with Gasteiger partial charge >= 0.3 is 6.09 Å². The lowest BCUT2D eigenvalue weighted by atomic mass is 10.1. The number of hydrazine groups is 1. The Kier molecular flexibility index (Phi) is 6.31. The Balaban J connectivity index is 4.21. The van der Waals surface area contributed by atoms with Crippen LogP contribution in [0.3, 0.4) is 0 Å². The van der Waals surface area contributed by atoms with E-state index in [-0.39, 0.29) is 24.8 Å². The second-order valence-corrected chi connectivity index (χ2v) is 5.55. The van der Waals surface area contributed by atoms with Crippen LogP contribution in [0.5, 0.6) is 0 Å². The number of nitrogens with one attached hydrogen (secondary N) is 2. The minimum atomic E-state index is -1.08. The summed E-state index contributed by atoms with van der Waals surface area (Å²) in [6, 6.07) is 0. The molecule has 0 aliphatic heterocycles. The molecular formula is C12H23N3O4. The van der Waals surface area contributed by atoms with Crippen LogP contribution in [0.2, 0.25) is 0 Å². The Hall–Kier alpha value is -1.79. The summed E-state index contributed by atoms with van der Waals surface area (Å²) in [7, 11) is 0. The van der Waals surface area contributed by atoms with Crippen LogP contribution in [0, 0.1) is 5.92 Å². The van der Waals surface area contributed by atoms with E-state index < -0.39 is 17.5 Å². The zero-order valence-electron chi connectivity index (χ0n) is 12.1. The molecule has 0 bridgehead atoms. The smallest absolute Gasteiger partial charge is 0.407 e. The number of carbonyl (C=O) groups excluding carboxylic acids is 2. The molecule has 0 heterocycles. The molecule has 0 aromatic heterocycles. The molecule has 3 amide bonds. The van der Waals surface area contributed by atoms with Crippen molar-refractivity contribution in [1.29, 1.82) is 0 Å². The van der Waals surface area contributed by atoms with Gasteiger partial charge in [0.15, 0.2) is 0 Å². The third-order valence-corrected chi connectivity index (χ3v) is 2.45. The second-order valence-electron chi connectivity index (χ2n) is 5.55. The average molecular weight is 273 g/mol. The molecule has 7 heteroatoms. The molecule has 3 N–H and O–H groups in total. The Morgan fingerprint density at radius 2 is 1.68 bits per heavy atom. The summed E-state index contributed by atoms with van der Waals surface area (Å²) in [5, 5.41) is 9.04. The summed E-state index contributed by atoms with van der Waals surface area (Å²) in [6.45, 7) is 8.72. The van der Waals surface area contributed by atoms with Crippen LogP contribution in [-0.2, 0) is 9.59 Å². The van der Waals surface area contributed by atoms with E-state index in [2.05, 4.69) is 10.9 Å². The van der Waals surface area contributed by atoms with Crippen molar-refractivity contribution in [1.82, 2.24) is 15.8 Å². The number of hydrogen-bond acceptors (Lipinski definition) is 3. The first-order valence-electron chi connectivity index (χ1n) is 6.15. The number of nitrogens with zero attached hydrogens (tertiary/aromatic N) is 1. The summed E-state index contributed by atoms with van der Waals surface area (Å²) >= 11 is 0. The van der Waals surface area contributed by atoms with Crippen molar-refractivity contribution < 1.29 is 19.5 Å². The monoisotopic (exact) mass is 273 g/mol. The van der Waals surface area contributed by atoms with Crippen LogP contribution in [0.15, 0.2) is 0 Å². The predicted octanol–water partition coefficient (Wildman–Crippen LogP) is 0.958. The predicted molar refractivity (Wildman–Crippen MR) is 70.2 cm³/mol. The largest absolute Gasteiger partial charge is 0.465 e. The van der Waals surface area contributed by atoms with Gasteiger partial charge in [0.2, 0.25) is 11.8 Å². The van der Waals surface area contributed by atoms with Crippen molar-refractivity contribution in [3.63, 3.8) is 0 Å². The van der Waals surface area contributed by atoms with Crippen LogP contribution in [0.25, 0.3) is 0 Å². The molecule has 7 nitrogen and oxygen atoms in total. The number of rotatable bonds is 4. The molecule has 110 valence electrons. The highest BCUT2D eigenvalue weighted by Gasteiger charge is 2.26. The number of amides is 3. The van der Waals surface area contributed by atoms with Gasteiger partial charge in [-0.1, -0.05) is 13.8 Å². The van der Waals surface area contributed by atoms with Gasteiger partial charge in [-0.15, -0.1) is 0 Å². The highest BCUT2D eigenvalue weighted by atomic mass is 16.4. The van der Waals surface area contributed by atoms with E-state index in [9.17, 15) is 14.4 Å². The van der Waals surface area contributed by atoms with Gasteiger partial charge in [0.05, 0.1) is 0 Å². The van der Waals surface area contributed by atoms with Gasteiger partial charge in [-0.3, -0.25) is 20.4 Å². The maximum atomic E-state index is 11.5. The van der Waals surface area contributed by atoms with Gasteiger partial charge in [-0.2, -0.15) is 0 Å². The van der Waals surface area contributed by atoms with Gasteiger partial charge in [0, 0.05) is 24.4 Å². The summed E-state index contributed by atoms with van der Waals surface area (Å²) in [6.07, 6.45) is -1.09. The molecule has 0 unspecified atom stereocenters. The maximum Gasteiger partial charge on any atom is 0.407 e. The molecule has 0 radical (unpaired) electrons. The standard InChI is InChI=1S/C12H23N3O4/c1-8(2)10(17)14-13-9(16)6-7-15(11(18)19)12(3,4)5/h8H,6-7H2,1-5H3,(H,13,16)(H,14,17)(H,18,19). The minimum absolute atomic E-state index is 0.0120. The molecule has 0 saturated heterocycles. The number of hydrogen-bond donors (Lipinski definition) is 3. The molecule has 0 aromatic carbocycles. The van der Waals surface area contributed by atoms with E-state index in [0.29, 0.717) is 0 Å². The fourth-order valence-electron chi connectivity index (χ4n) is 1.27. The quantitative estimate of drug-likeness (QED) is 0.664. The molecule has 0 fully saturated rings. The molecule has 0 atom stereocenters. The topological polar surface area (TPSA) is 98.7 Å². The van der Waals surface area contributed by atoms with Crippen molar-refractivity contribution in [2.75, 3.05) is 6.54 Å². The van der Waals surface area contributed by atoms with Gasteiger partial charge in [0.25, 0.3) is 0 Å². The number of carbonyl (C=O) groups is 3. The van der Waals surface area contributed by atoms with E-state index >= 15 is 0 Å². The van der Waals surface area contributed by atoms with E-state index in [1.165, 1.54) is 4.90 Å². The van der Waals surface area contributed by atoms with Crippen molar-refractivity contribution in [2.24, 2.45) is 5.92 Å². The first-order chi connectivity index (χ1) is 8.55. The van der Waals surface area contributed by atoms with Crippen LogP contribution in [-0.4, -0.2) is 40.0 Å². The number of carboxylic acid groups (broad SMARTS) is 1. The van der Waals surface area contributed by atoms with Crippen LogP contribution >= 0.6 is 0 Å². The van der Waals surface area contributed by atoms with Crippen molar-refractivity contribution in [3.05, 3.63) is 0 Å². The SMILES string of the molecule is CC(C)C(=O)NNC(=O)CCN(C(=O)O)C(C)(C)C. The molecule has 0 aliphatic rings. The first-order valence-corrected chi connectivity index (χ1v) is 6.15. The lowest BCUT2D eigenvalue weighted by Crippen LogP contribution is -2.48. The zero-order valence-corrected chi connectivity index (χ0v) is 12.1. The van der Waals surface area contributed by atoms with Crippen LogP contribution < -0.4 is 10.9 Å². The first kappa shape index (κ1) is 17.2. The van der Waals surface area contributed by atoms with E-state index in [0.717, 1.165) is 0 Å². The highest BCUT2D eigenvalue weighted by molar-refractivity contribution is 5.83. The molecule has 19 heavy (non-hydrogen) atoms. The Morgan fingerprint density at radius 1 is 1.16 bits per heavy atom. The molecule has 0 rings (SSSR count). The van der Waals surface area contributed by atoms with Crippen molar-refractivity contribution >= 4 is 17.9 Å². The van der Waals surface area contributed by atoms with Gasteiger partial charge in [0.1, 0.15) is 0 Å². The van der Waals surface area contributed by atoms with Crippen molar-refractivity contribution in [2.45, 2.75) is 46.6 Å². The average Bonchev–Trinajstić information content (AvgIpc) is 2.23. The highest BCUT2D eigenvalue weighted by Crippen LogP contribution is 2.13. The minimum Gasteiger partial charge on any atom is -0.465 e. The van der Waals surface area contributed by atoms with Gasteiger partial charge in [-0.25, -0.2) is 4.79 Å². The third-order valence-electron chi connectivity index (χ3n) is 2.45. The van der Waals surface area contributed by atoms with E-state index in [1.54, 1.807) is 34.6 Å².